The zero-order valence-electron chi connectivity index (χ0n) is 18.0. The Morgan fingerprint density at radius 1 is 1.30 bits per heavy atom. The predicted molar refractivity (Wildman–Crippen MR) is 119 cm³/mol. The van der Waals surface area contributed by atoms with Gasteiger partial charge in [0.15, 0.2) is 0 Å². The van der Waals surface area contributed by atoms with E-state index in [0.29, 0.717) is 18.5 Å². The number of fused-ring (bicyclic) bond motifs is 2. The molecule has 0 saturated carbocycles. The number of hydrogen-bond acceptors (Lipinski definition) is 7. The average molecular weight is 501 g/mol. The largest absolute Gasteiger partial charge is 0.463 e. The van der Waals surface area contributed by atoms with E-state index in [1.807, 2.05) is 0 Å². The number of hydrogen-bond donors (Lipinski definition) is 1. The number of nitrogens with one attached hydrogen (secondary N) is 1. The summed E-state index contributed by atoms with van der Waals surface area (Å²) in [7, 11) is 0. The van der Waals surface area contributed by atoms with Gasteiger partial charge in [-0.3, -0.25) is 4.57 Å². The number of aryl methyl sites for hydroxylation is 1. The van der Waals surface area contributed by atoms with Crippen LogP contribution in [-0.2, 0) is 19.0 Å². The van der Waals surface area contributed by atoms with Crippen molar-refractivity contribution >= 4 is 33.2 Å². The number of halogens is 4. The fourth-order valence-corrected chi connectivity index (χ4v) is 6.12. The summed E-state index contributed by atoms with van der Waals surface area (Å²) >= 11 is 8.05. The SMILES string of the molecule is CCCc1cc2c(C3Cc4nnc(C(F)(F)F)n4C(Cl)C3)nc(OC[C@@H]3CCNC3)nc2s1. The molecule has 12 heteroatoms. The maximum Gasteiger partial charge on any atom is 0.451 e. The van der Waals surface area contributed by atoms with Gasteiger partial charge < -0.3 is 10.1 Å². The van der Waals surface area contributed by atoms with Gasteiger partial charge in [0.1, 0.15) is 16.2 Å². The minimum absolute atomic E-state index is 0.213. The molecular formula is C21H24ClF3N6OS. The Morgan fingerprint density at radius 3 is 2.88 bits per heavy atom. The highest BCUT2D eigenvalue weighted by molar-refractivity contribution is 7.18. The fourth-order valence-electron chi connectivity index (χ4n) is 4.57. The molecule has 5 rings (SSSR count). The van der Waals surface area contributed by atoms with Crippen molar-refractivity contribution in [3.63, 3.8) is 0 Å². The molecule has 178 valence electrons. The Bertz CT molecular complexity index is 1140. The molecule has 1 saturated heterocycles. The highest BCUT2D eigenvalue weighted by Gasteiger charge is 2.42. The van der Waals surface area contributed by atoms with Crippen molar-refractivity contribution in [2.24, 2.45) is 5.92 Å². The van der Waals surface area contributed by atoms with E-state index in [0.717, 1.165) is 52.8 Å². The number of thiophene rings is 1. The van der Waals surface area contributed by atoms with E-state index in [1.54, 1.807) is 11.3 Å². The molecule has 3 atom stereocenters. The van der Waals surface area contributed by atoms with Crippen LogP contribution in [0.5, 0.6) is 6.01 Å². The first kappa shape index (κ1) is 22.8. The molecule has 2 unspecified atom stereocenters. The normalized spacial score (nSPS) is 23.2. The minimum atomic E-state index is -4.61. The lowest BCUT2D eigenvalue weighted by molar-refractivity contribution is -0.147. The maximum absolute atomic E-state index is 13.3. The molecule has 1 fully saturated rings. The summed E-state index contributed by atoms with van der Waals surface area (Å²) in [5.41, 5.74) is -0.162. The van der Waals surface area contributed by atoms with Crippen LogP contribution < -0.4 is 10.1 Å². The van der Waals surface area contributed by atoms with Crippen LogP contribution in [0.1, 0.15) is 59.8 Å². The molecule has 2 aliphatic rings. The molecule has 1 N–H and O–H groups in total. The predicted octanol–water partition coefficient (Wildman–Crippen LogP) is 4.71. The van der Waals surface area contributed by atoms with Crippen LogP contribution in [0.3, 0.4) is 0 Å². The fraction of sp³-hybridized carbons (Fsp3) is 0.619. The lowest BCUT2D eigenvalue weighted by Crippen LogP contribution is -2.25. The van der Waals surface area contributed by atoms with Crippen molar-refractivity contribution in [3.8, 4) is 6.01 Å². The summed E-state index contributed by atoms with van der Waals surface area (Å²) < 4.78 is 47.0. The summed E-state index contributed by atoms with van der Waals surface area (Å²) in [4.78, 5) is 11.4. The van der Waals surface area contributed by atoms with Crippen LogP contribution in [0, 0.1) is 5.92 Å². The first-order valence-corrected chi connectivity index (χ1v) is 12.4. The molecule has 3 aromatic rings. The smallest absolute Gasteiger partial charge is 0.451 e. The van der Waals surface area contributed by atoms with Crippen LogP contribution in [-0.4, -0.2) is 44.4 Å². The maximum atomic E-state index is 13.3. The van der Waals surface area contributed by atoms with Crippen molar-refractivity contribution < 1.29 is 17.9 Å². The van der Waals surface area contributed by atoms with Crippen molar-refractivity contribution in [3.05, 3.63) is 28.3 Å². The van der Waals surface area contributed by atoms with Gasteiger partial charge in [0.05, 0.1) is 12.3 Å². The van der Waals surface area contributed by atoms with Gasteiger partial charge in [-0.25, -0.2) is 0 Å². The summed E-state index contributed by atoms with van der Waals surface area (Å²) in [6.45, 7) is 4.52. The van der Waals surface area contributed by atoms with Gasteiger partial charge >= 0.3 is 12.2 Å². The Morgan fingerprint density at radius 2 is 2.15 bits per heavy atom. The average Bonchev–Trinajstić information content (AvgIpc) is 3.50. The lowest BCUT2D eigenvalue weighted by atomic mass is 9.92. The second-order valence-corrected chi connectivity index (χ2v) is 10.2. The van der Waals surface area contributed by atoms with Crippen LogP contribution in [0.25, 0.3) is 10.2 Å². The standard InChI is InChI=1S/C21H24ClF3N6OS/c1-2-3-13-8-14-17(27-20(28-18(14)33-13)32-10-11-4-5-26-9-11)12-6-15(22)31-16(7-12)29-30-19(31)21(23,24)25/h8,11-12,15,26H,2-7,9-10H2,1H3/t11-,12?,15?/m1/s1. The van der Waals surface area contributed by atoms with E-state index in [4.69, 9.17) is 21.3 Å². The monoisotopic (exact) mass is 500 g/mol. The minimum Gasteiger partial charge on any atom is -0.463 e. The Balaban J connectivity index is 1.49. The number of rotatable bonds is 6. The van der Waals surface area contributed by atoms with Crippen molar-refractivity contribution in [1.29, 1.82) is 0 Å². The van der Waals surface area contributed by atoms with Gasteiger partial charge in [-0.15, -0.1) is 21.5 Å². The van der Waals surface area contributed by atoms with Crippen LogP contribution in [0.2, 0.25) is 0 Å². The zero-order chi connectivity index (χ0) is 23.2. The van der Waals surface area contributed by atoms with Gasteiger partial charge in [0.2, 0.25) is 5.82 Å². The molecule has 0 spiro atoms. The van der Waals surface area contributed by atoms with E-state index < -0.39 is 17.5 Å². The third-order valence-corrected chi connectivity index (χ3v) is 7.62. The highest BCUT2D eigenvalue weighted by atomic mass is 35.5. The zero-order valence-corrected chi connectivity index (χ0v) is 19.6. The number of ether oxygens (including phenoxy) is 1. The number of aromatic nitrogens is 5. The van der Waals surface area contributed by atoms with Gasteiger partial charge in [0, 0.05) is 35.1 Å². The van der Waals surface area contributed by atoms with Gasteiger partial charge in [-0.05, 0) is 31.9 Å². The molecule has 7 nitrogen and oxygen atoms in total. The summed E-state index contributed by atoms with van der Waals surface area (Å²) in [6, 6.07) is 2.40. The van der Waals surface area contributed by atoms with Crippen molar-refractivity contribution in [2.45, 2.75) is 56.6 Å². The highest BCUT2D eigenvalue weighted by Crippen LogP contribution is 2.43. The molecule has 0 aromatic carbocycles. The number of nitrogens with zero attached hydrogens (tertiary/aromatic N) is 5. The van der Waals surface area contributed by atoms with E-state index in [2.05, 4.69) is 33.5 Å². The Hall–Kier alpha value is -1.98. The van der Waals surface area contributed by atoms with Crippen molar-refractivity contribution in [1.82, 2.24) is 30.0 Å². The summed E-state index contributed by atoms with van der Waals surface area (Å²) in [6.07, 6.45) is -1.08. The topological polar surface area (TPSA) is 77.8 Å². The summed E-state index contributed by atoms with van der Waals surface area (Å²) in [5.74, 6) is -0.643. The number of alkyl halides is 4. The molecule has 2 aliphatic heterocycles. The second kappa shape index (κ2) is 8.99. The van der Waals surface area contributed by atoms with Crippen LogP contribution in [0.4, 0.5) is 13.2 Å². The van der Waals surface area contributed by atoms with E-state index >= 15 is 0 Å². The Labute approximate surface area is 197 Å². The first-order chi connectivity index (χ1) is 15.8. The third-order valence-electron chi connectivity index (χ3n) is 6.15. The van der Waals surface area contributed by atoms with Crippen molar-refractivity contribution in [2.75, 3.05) is 19.7 Å². The molecule has 3 aromatic heterocycles. The van der Waals surface area contributed by atoms with E-state index in [9.17, 15) is 13.2 Å². The quantitative estimate of drug-likeness (QED) is 0.494. The molecule has 0 bridgehead atoms. The van der Waals surface area contributed by atoms with E-state index in [1.165, 1.54) is 4.88 Å². The molecule has 5 heterocycles. The molecule has 0 amide bonds. The molecular weight excluding hydrogens is 477 g/mol. The lowest BCUT2D eigenvalue weighted by Gasteiger charge is -2.28. The molecule has 0 aliphatic carbocycles. The van der Waals surface area contributed by atoms with Crippen LogP contribution >= 0.6 is 22.9 Å². The van der Waals surface area contributed by atoms with Gasteiger partial charge in [-0.2, -0.15) is 23.1 Å². The summed E-state index contributed by atoms with van der Waals surface area (Å²) in [5, 5.41) is 11.4. The second-order valence-electron chi connectivity index (χ2n) is 8.62. The van der Waals surface area contributed by atoms with Gasteiger partial charge in [-0.1, -0.05) is 24.9 Å². The Kier molecular flexibility index (Phi) is 6.21. The van der Waals surface area contributed by atoms with E-state index in [-0.39, 0.29) is 24.6 Å². The van der Waals surface area contributed by atoms with Crippen LogP contribution in [0.15, 0.2) is 6.07 Å². The third kappa shape index (κ3) is 4.54. The molecule has 33 heavy (non-hydrogen) atoms. The van der Waals surface area contributed by atoms with Gasteiger partial charge in [0.25, 0.3) is 0 Å². The first-order valence-electron chi connectivity index (χ1n) is 11.1. The molecule has 0 radical (unpaired) electrons.